The van der Waals surface area contributed by atoms with E-state index in [9.17, 15) is 0 Å². The molecule has 0 amide bonds. The molecule has 1 N–H and O–H groups in total. The van der Waals surface area contributed by atoms with E-state index >= 15 is 0 Å². The first-order valence-corrected chi connectivity index (χ1v) is 5.57. The van der Waals surface area contributed by atoms with Gasteiger partial charge in [-0.1, -0.05) is 6.92 Å². The average Bonchev–Trinajstić information content (AvgIpc) is 2.67. The fourth-order valence-corrected chi connectivity index (χ4v) is 1.40. The van der Waals surface area contributed by atoms with Gasteiger partial charge in [0.15, 0.2) is 0 Å². The van der Waals surface area contributed by atoms with E-state index in [1.54, 1.807) is 7.11 Å². The maximum atomic E-state index is 5.00. The fraction of sp³-hybridized carbons (Fsp3) is 0.727. The normalized spacial score (nSPS) is 10.8. The number of methoxy groups -OCH3 is 1. The molecule has 1 rings (SSSR count). The van der Waals surface area contributed by atoms with Crippen LogP contribution in [0.5, 0.6) is 0 Å². The van der Waals surface area contributed by atoms with Gasteiger partial charge in [0.05, 0.1) is 12.0 Å². The van der Waals surface area contributed by atoms with Crippen LogP contribution in [0.3, 0.4) is 0 Å². The molecule has 0 unspecified atom stereocenters. The van der Waals surface area contributed by atoms with Crippen LogP contribution in [0.25, 0.3) is 0 Å². The third kappa shape index (κ3) is 4.95. The lowest BCUT2D eigenvalue weighted by Crippen LogP contribution is -2.13. The Morgan fingerprint density at radius 2 is 2.40 bits per heavy atom. The zero-order valence-corrected chi connectivity index (χ0v) is 9.70. The molecular weight excluding hydrogens is 190 g/mol. The summed E-state index contributed by atoms with van der Waals surface area (Å²) in [7, 11) is 1.73. The molecule has 0 saturated heterocycles. The van der Waals surface area contributed by atoms with Crippen LogP contribution in [0.1, 0.15) is 25.5 Å². The summed E-state index contributed by atoms with van der Waals surface area (Å²) >= 11 is 0. The van der Waals surface area contributed by atoms with Crippen molar-refractivity contribution in [2.45, 2.75) is 32.9 Å². The van der Waals surface area contributed by atoms with Gasteiger partial charge in [-0.25, -0.2) is 4.98 Å². The van der Waals surface area contributed by atoms with Crippen LogP contribution in [0.15, 0.2) is 12.5 Å². The molecule has 0 aromatic carbocycles. The molecule has 0 bridgehead atoms. The molecule has 0 fully saturated rings. The first kappa shape index (κ1) is 12.2. The van der Waals surface area contributed by atoms with Crippen LogP contribution in [0.4, 0.5) is 0 Å². The van der Waals surface area contributed by atoms with E-state index in [2.05, 4.69) is 28.0 Å². The molecule has 0 aliphatic rings. The maximum absolute atomic E-state index is 5.00. The Kier molecular flexibility index (Phi) is 6.04. The number of imidazole rings is 1. The quantitative estimate of drug-likeness (QED) is 0.661. The summed E-state index contributed by atoms with van der Waals surface area (Å²) in [5.41, 5.74) is 1.11. The van der Waals surface area contributed by atoms with Gasteiger partial charge < -0.3 is 14.6 Å². The van der Waals surface area contributed by atoms with Gasteiger partial charge >= 0.3 is 0 Å². The predicted molar refractivity (Wildman–Crippen MR) is 60.7 cm³/mol. The minimum Gasteiger partial charge on any atom is -0.385 e. The number of hydrogen-bond acceptors (Lipinski definition) is 3. The standard InChI is InChI=1S/C11H21N3O/c1-3-5-12-8-11-9-14(10-13-11)6-4-7-15-2/h9-10,12H,3-8H2,1-2H3. The highest BCUT2D eigenvalue weighted by atomic mass is 16.5. The Morgan fingerprint density at radius 1 is 1.53 bits per heavy atom. The van der Waals surface area contributed by atoms with Crippen LogP contribution in [0, 0.1) is 0 Å². The van der Waals surface area contributed by atoms with Crippen LogP contribution in [-0.4, -0.2) is 29.8 Å². The Hall–Kier alpha value is -0.870. The number of nitrogens with zero attached hydrogens (tertiary/aromatic N) is 2. The minimum absolute atomic E-state index is 0.807. The molecule has 1 aromatic heterocycles. The highest BCUT2D eigenvalue weighted by molar-refractivity contribution is 4.95. The van der Waals surface area contributed by atoms with Crippen LogP contribution in [0.2, 0.25) is 0 Å². The minimum atomic E-state index is 0.807. The largest absolute Gasteiger partial charge is 0.385 e. The molecule has 86 valence electrons. The molecule has 4 nitrogen and oxygen atoms in total. The van der Waals surface area contributed by atoms with E-state index in [0.29, 0.717) is 0 Å². The second-order valence-corrected chi connectivity index (χ2v) is 3.63. The van der Waals surface area contributed by atoms with Gasteiger partial charge in [-0.3, -0.25) is 0 Å². The maximum Gasteiger partial charge on any atom is 0.0949 e. The zero-order chi connectivity index (χ0) is 10.9. The topological polar surface area (TPSA) is 39.1 Å². The predicted octanol–water partition coefficient (Wildman–Crippen LogP) is 1.42. The molecule has 1 heterocycles. The summed E-state index contributed by atoms with van der Waals surface area (Å²) in [4.78, 5) is 4.33. The van der Waals surface area contributed by atoms with Crippen molar-refractivity contribution in [1.82, 2.24) is 14.9 Å². The van der Waals surface area contributed by atoms with Crippen molar-refractivity contribution in [1.29, 1.82) is 0 Å². The molecule has 0 saturated carbocycles. The fourth-order valence-electron chi connectivity index (χ4n) is 1.40. The number of rotatable bonds is 8. The summed E-state index contributed by atoms with van der Waals surface area (Å²) in [6.45, 7) is 5.87. The first-order valence-electron chi connectivity index (χ1n) is 5.57. The van der Waals surface area contributed by atoms with Gasteiger partial charge in [0, 0.05) is 33.0 Å². The van der Waals surface area contributed by atoms with Crippen molar-refractivity contribution >= 4 is 0 Å². The van der Waals surface area contributed by atoms with Gasteiger partial charge in [-0.2, -0.15) is 0 Å². The van der Waals surface area contributed by atoms with E-state index in [4.69, 9.17) is 4.74 Å². The SMILES string of the molecule is CCCNCc1cn(CCCOC)cn1. The monoisotopic (exact) mass is 211 g/mol. The molecule has 0 aliphatic carbocycles. The summed E-state index contributed by atoms with van der Waals surface area (Å²) in [6, 6.07) is 0. The molecular formula is C11H21N3O. The summed E-state index contributed by atoms with van der Waals surface area (Å²) in [5.74, 6) is 0. The Balaban J connectivity index is 2.23. The number of nitrogens with one attached hydrogen (secondary N) is 1. The second-order valence-electron chi connectivity index (χ2n) is 3.63. The van der Waals surface area contributed by atoms with Crippen molar-refractivity contribution in [2.24, 2.45) is 0 Å². The molecule has 0 radical (unpaired) electrons. The van der Waals surface area contributed by atoms with Gasteiger partial charge in [-0.05, 0) is 19.4 Å². The lowest BCUT2D eigenvalue weighted by Gasteiger charge is -2.00. The molecule has 0 atom stereocenters. The van der Waals surface area contributed by atoms with E-state index in [1.807, 2.05) is 6.33 Å². The van der Waals surface area contributed by atoms with Crippen LogP contribution >= 0.6 is 0 Å². The Labute approximate surface area is 91.7 Å². The van der Waals surface area contributed by atoms with Gasteiger partial charge in [0.2, 0.25) is 0 Å². The Bertz CT molecular complexity index is 236. The van der Waals surface area contributed by atoms with Gasteiger partial charge in [0.1, 0.15) is 0 Å². The van der Waals surface area contributed by atoms with E-state index in [1.165, 1.54) is 0 Å². The van der Waals surface area contributed by atoms with Gasteiger partial charge in [0.25, 0.3) is 0 Å². The number of aryl methyl sites for hydroxylation is 1. The van der Waals surface area contributed by atoms with Gasteiger partial charge in [-0.15, -0.1) is 0 Å². The number of ether oxygens (including phenoxy) is 1. The summed E-state index contributed by atoms with van der Waals surface area (Å²) in [6.07, 6.45) is 6.18. The smallest absolute Gasteiger partial charge is 0.0949 e. The van der Waals surface area contributed by atoms with Crippen LogP contribution in [-0.2, 0) is 17.8 Å². The van der Waals surface area contributed by atoms with Crippen LogP contribution < -0.4 is 5.32 Å². The third-order valence-corrected chi connectivity index (χ3v) is 2.18. The highest BCUT2D eigenvalue weighted by Crippen LogP contribution is 1.97. The van der Waals surface area contributed by atoms with Crippen molar-refractivity contribution in [3.8, 4) is 0 Å². The highest BCUT2D eigenvalue weighted by Gasteiger charge is 1.97. The summed E-state index contributed by atoms with van der Waals surface area (Å²) in [5, 5.41) is 3.33. The number of aromatic nitrogens is 2. The van der Waals surface area contributed by atoms with E-state index in [-0.39, 0.29) is 0 Å². The van der Waals surface area contributed by atoms with Crippen molar-refractivity contribution in [3.05, 3.63) is 18.2 Å². The second kappa shape index (κ2) is 7.43. The molecule has 15 heavy (non-hydrogen) atoms. The lowest BCUT2D eigenvalue weighted by atomic mass is 10.4. The third-order valence-electron chi connectivity index (χ3n) is 2.18. The van der Waals surface area contributed by atoms with E-state index in [0.717, 1.165) is 44.8 Å². The molecule has 1 aromatic rings. The number of hydrogen-bond donors (Lipinski definition) is 1. The molecule has 0 aliphatic heterocycles. The molecule has 0 spiro atoms. The molecule has 4 heteroatoms. The first-order chi connectivity index (χ1) is 7.36. The van der Waals surface area contributed by atoms with Crippen molar-refractivity contribution in [2.75, 3.05) is 20.3 Å². The van der Waals surface area contributed by atoms with Crippen molar-refractivity contribution < 1.29 is 4.74 Å². The zero-order valence-electron chi connectivity index (χ0n) is 9.70. The lowest BCUT2D eigenvalue weighted by molar-refractivity contribution is 0.190. The Morgan fingerprint density at radius 3 is 3.13 bits per heavy atom. The average molecular weight is 211 g/mol. The van der Waals surface area contributed by atoms with E-state index < -0.39 is 0 Å². The van der Waals surface area contributed by atoms with Crippen molar-refractivity contribution in [3.63, 3.8) is 0 Å². The summed E-state index contributed by atoms with van der Waals surface area (Å²) < 4.78 is 7.12.